The summed E-state index contributed by atoms with van der Waals surface area (Å²) in [6.07, 6.45) is 0. The van der Waals surface area contributed by atoms with E-state index in [0.29, 0.717) is 5.56 Å². The summed E-state index contributed by atoms with van der Waals surface area (Å²) in [7, 11) is 1.27. The second kappa shape index (κ2) is 8.16. The van der Waals surface area contributed by atoms with Gasteiger partial charge in [0.05, 0.1) is 12.9 Å². The molecule has 2 aromatic rings. The van der Waals surface area contributed by atoms with Crippen molar-refractivity contribution in [2.24, 2.45) is 0 Å². The SMILES string of the molecule is COC(=O)[C@H](NC(=O)CSc1nc(N)cc(N)n1)c1ccccc1. The van der Waals surface area contributed by atoms with E-state index >= 15 is 0 Å². The molecule has 126 valence electrons. The second-order valence-corrected chi connectivity index (χ2v) is 5.67. The van der Waals surface area contributed by atoms with E-state index in [1.807, 2.05) is 6.07 Å². The van der Waals surface area contributed by atoms with Crippen LogP contribution in [0, 0.1) is 0 Å². The first-order valence-electron chi connectivity index (χ1n) is 6.94. The summed E-state index contributed by atoms with van der Waals surface area (Å²) in [6.45, 7) is 0. The maximum Gasteiger partial charge on any atom is 0.333 e. The number of carbonyl (C=O) groups is 2. The summed E-state index contributed by atoms with van der Waals surface area (Å²) in [5, 5.41) is 2.92. The van der Waals surface area contributed by atoms with Crippen molar-refractivity contribution in [3.05, 3.63) is 42.0 Å². The number of nitrogen functional groups attached to an aromatic ring is 2. The first-order valence-corrected chi connectivity index (χ1v) is 7.93. The van der Waals surface area contributed by atoms with Gasteiger partial charge in [-0.15, -0.1) is 0 Å². The number of esters is 1. The van der Waals surface area contributed by atoms with Gasteiger partial charge in [0.15, 0.2) is 11.2 Å². The number of ether oxygens (including phenoxy) is 1. The lowest BCUT2D eigenvalue weighted by Crippen LogP contribution is -2.35. The number of nitrogens with two attached hydrogens (primary N) is 2. The first-order chi connectivity index (χ1) is 11.5. The quantitative estimate of drug-likeness (QED) is 0.396. The van der Waals surface area contributed by atoms with Crippen LogP contribution in [0.1, 0.15) is 11.6 Å². The minimum Gasteiger partial charge on any atom is -0.467 e. The number of benzene rings is 1. The predicted octanol–water partition coefficient (Wildman–Crippen LogP) is 0.764. The summed E-state index contributed by atoms with van der Waals surface area (Å²) < 4.78 is 4.74. The van der Waals surface area contributed by atoms with Crippen molar-refractivity contribution < 1.29 is 14.3 Å². The van der Waals surface area contributed by atoms with E-state index in [9.17, 15) is 9.59 Å². The summed E-state index contributed by atoms with van der Waals surface area (Å²) in [4.78, 5) is 32.0. The van der Waals surface area contributed by atoms with Crippen LogP contribution in [0.5, 0.6) is 0 Å². The fourth-order valence-corrected chi connectivity index (χ4v) is 2.58. The molecule has 0 unspecified atom stereocenters. The Labute approximate surface area is 143 Å². The second-order valence-electron chi connectivity index (χ2n) is 4.72. The zero-order chi connectivity index (χ0) is 17.5. The molecular formula is C15H17N5O3S. The molecule has 0 saturated carbocycles. The van der Waals surface area contributed by atoms with Crippen LogP contribution in [0.4, 0.5) is 11.6 Å². The van der Waals surface area contributed by atoms with Crippen LogP contribution in [0.25, 0.3) is 0 Å². The van der Waals surface area contributed by atoms with Crippen molar-refractivity contribution in [2.45, 2.75) is 11.2 Å². The Morgan fingerprint density at radius 2 is 1.83 bits per heavy atom. The van der Waals surface area contributed by atoms with Crippen LogP contribution in [-0.2, 0) is 14.3 Å². The van der Waals surface area contributed by atoms with Crippen molar-refractivity contribution >= 4 is 35.3 Å². The fraction of sp³-hybridized carbons (Fsp3) is 0.200. The number of hydrogen-bond acceptors (Lipinski definition) is 8. The zero-order valence-corrected chi connectivity index (χ0v) is 13.7. The maximum atomic E-state index is 12.1. The van der Waals surface area contributed by atoms with Gasteiger partial charge in [-0.05, 0) is 5.56 Å². The average Bonchev–Trinajstić information content (AvgIpc) is 2.57. The number of rotatable bonds is 6. The van der Waals surface area contributed by atoms with Crippen molar-refractivity contribution in [1.29, 1.82) is 0 Å². The van der Waals surface area contributed by atoms with E-state index in [4.69, 9.17) is 16.2 Å². The Bertz CT molecular complexity index is 706. The molecule has 1 atom stereocenters. The van der Waals surface area contributed by atoms with E-state index in [1.165, 1.54) is 13.2 Å². The van der Waals surface area contributed by atoms with Crippen molar-refractivity contribution in [3.8, 4) is 0 Å². The minimum atomic E-state index is -0.879. The monoisotopic (exact) mass is 347 g/mol. The van der Waals surface area contributed by atoms with Crippen LogP contribution in [-0.4, -0.2) is 34.7 Å². The molecule has 8 nitrogen and oxygen atoms in total. The number of anilines is 2. The molecule has 5 N–H and O–H groups in total. The smallest absolute Gasteiger partial charge is 0.333 e. The molecule has 0 aliphatic rings. The Balaban J connectivity index is 2.01. The lowest BCUT2D eigenvalue weighted by atomic mass is 10.1. The van der Waals surface area contributed by atoms with E-state index < -0.39 is 12.0 Å². The number of carbonyl (C=O) groups excluding carboxylic acids is 2. The topological polar surface area (TPSA) is 133 Å². The summed E-state index contributed by atoms with van der Waals surface area (Å²) in [5.41, 5.74) is 11.8. The van der Waals surface area contributed by atoms with Crippen LogP contribution >= 0.6 is 11.8 Å². The van der Waals surface area contributed by atoms with Gasteiger partial charge in [0.1, 0.15) is 11.6 Å². The normalized spacial score (nSPS) is 11.5. The first kappa shape index (κ1) is 17.5. The Hall–Kier alpha value is -2.81. The molecule has 1 aromatic carbocycles. The Morgan fingerprint density at radius 3 is 2.42 bits per heavy atom. The number of hydrogen-bond donors (Lipinski definition) is 3. The third-order valence-electron chi connectivity index (χ3n) is 2.95. The van der Waals surface area contributed by atoms with Crippen molar-refractivity contribution in [3.63, 3.8) is 0 Å². The number of nitrogens with zero attached hydrogens (tertiary/aromatic N) is 2. The maximum absolute atomic E-state index is 12.1. The largest absolute Gasteiger partial charge is 0.467 e. The van der Waals surface area contributed by atoms with Gasteiger partial charge in [-0.1, -0.05) is 42.1 Å². The lowest BCUT2D eigenvalue weighted by Gasteiger charge is -2.16. The van der Waals surface area contributed by atoms with Gasteiger partial charge in [-0.2, -0.15) is 0 Å². The highest BCUT2D eigenvalue weighted by Crippen LogP contribution is 2.18. The molecule has 0 aliphatic heterocycles. The fourth-order valence-electron chi connectivity index (χ4n) is 1.90. The predicted molar refractivity (Wildman–Crippen MR) is 90.9 cm³/mol. The van der Waals surface area contributed by atoms with Crippen molar-refractivity contribution in [1.82, 2.24) is 15.3 Å². The van der Waals surface area contributed by atoms with Crippen LogP contribution < -0.4 is 16.8 Å². The van der Waals surface area contributed by atoms with E-state index in [0.717, 1.165) is 11.8 Å². The van der Waals surface area contributed by atoms with E-state index in [-0.39, 0.29) is 28.5 Å². The van der Waals surface area contributed by atoms with Gasteiger partial charge in [0, 0.05) is 6.07 Å². The molecule has 9 heteroatoms. The lowest BCUT2D eigenvalue weighted by molar-refractivity contribution is -0.145. The van der Waals surface area contributed by atoms with Gasteiger partial charge in [-0.3, -0.25) is 4.79 Å². The molecular weight excluding hydrogens is 330 g/mol. The molecule has 0 bridgehead atoms. The molecule has 0 aliphatic carbocycles. The molecule has 2 rings (SSSR count). The van der Waals surface area contributed by atoms with Crippen molar-refractivity contribution in [2.75, 3.05) is 24.3 Å². The molecule has 0 spiro atoms. The van der Waals surface area contributed by atoms with Gasteiger partial charge in [0.2, 0.25) is 5.91 Å². The van der Waals surface area contributed by atoms with E-state index in [2.05, 4.69) is 15.3 Å². The molecule has 0 radical (unpaired) electrons. The average molecular weight is 347 g/mol. The molecule has 1 amide bonds. The van der Waals surface area contributed by atoms with Crippen LogP contribution in [0.2, 0.25) is 0 Å². The highest BCUT2D eigenvalue weighted by Gasteiger charge is 2.23. The highest BCUT2D eigenvalue weighted by atomic mass is 32.2. The molecule has 0 fully saturated rings. The summed E-state index contributed by atoms with van der Waals surface area (Å²) >= 11 is 1.07. The van der Waals surface area contributed by atoms with Gasteiger partial charge in [0.25, 0.3) is 0 Å². The zero-order valence-electron chi connectivity index (χ0n) is 12.9. The van der Waals surface area contributed by atoms with E-state index in [1.54, 1.807) is 24.3 Å². The standard InChI is InChI=1S/C15H17N5O3S/c1-23-14(22)13(9-5-3-2-4-6-9)20-12(21)8-24-15-18-10(16)7-11(17)19-15/h2-7,13H,8H2,1H3,(H,20,21)(H4,16,17,18,19)/t13-/m1/s1. The Kier molecular flexibility index (Phi) is 5.96. The summed E-state index contributed by atoms with van der Waals surface area (Å²) in [5.74, 6) is -0.472. The van der Waals surface area contributed by atoms with Gasteiger partial charge >= 0.3 is 5.97 Å². The summed E-state index contributed by atoms with van der Waals surface area (Å²) in [6, 6.07) is 9.37. The molecule has 24 heavy (non-hydrogen) atoms. The van der Waals surface area contributed by atoms with Gasteiger partial charge < -0.3 is 21.5 Å². The molecule has 0 saturated heterocycles. The number of amides is 1. The molecule has 1 heterocycles. The highest BCUT2D eigenvalue weighted by molar-refractivity contribution is 7.99. The third kappa shape index (κ3) is 4.85. The number of aromatic nitrogens is 2. The van der Waals surface area contributed by atoms with Gasteiger partial charge in [-0.25, -0.2) is 14.8 Å². The Morgan fingerprint density at radius 1 is 1.21 bits per heavy atom. The molecule has 1 aromatic heterocycles. The number of thioether (sulfide) groups is 1. The number of nitrogens with one attached hydrogen (secondary N) is 1. The third-order valence-corrected chi connectivity index (χ3v) is 3.80. The number of methoxy groups -OCH3 is 1. The minimum absolute atomic E-state index is 0.00320. The van der Waals surface area contributed by atoms with Crippen LogP contribution in [0.3, 0.4) is 0 Å². The van der Waals surface area contributed by atoms with Crippen LogP contribution in [0.15, 0.2) is 41.6 Å².